The van der Waals surface area contributed by atoms with Crippen LogP contribution in [0.1, 0.15) is 16.1 Å². The number of rotatable bonds is 4. The highest BCUT2D eigenvalue weighted by molar-refractivity contribution is 7.15. The zero-order valence-electron chi connectivity index (χ0n) is 11.8. The molecule has 3 rings (SSSR count). The maximum absolute atomic E-state index is 12.0. The topological polar surface area (TPSA) is 104 Å². The van der Waals surface area contributed by atoms with Crippen molar-refractivity contribution in [2.75, 3.05) is 0 Å². The zero-order valence-corrected chi connectivity index (χ0v) is 13.4. The number of hydrogen-bond donors (Lipinski definition) is 0. The highest BCUT2D eigenvalue weighted by Crippen LogP contribution is 2.25. The summed E-state index contributed by atoms with van der Waals surface area (Å²) in [6.45, 7) is -0.223. The molecule has 24 heavy (non-hydrogen) atoms. The molecule has 0 aliphatic carbocycles. The van der Waals surface area contributed by atoms with Gasteiger partial charge in [0.25, 0.3) is 11.2 Å². The van der Waals surface area contributed by atoms with Crippen molar-refractivity contribution in [1.82, 2.24) is 9.38 Å². The first-order valence-electron chi connectivity index (χ1n) is 6.52. The van der Waals surface area contributed by atoms with Gasteiger partial charge in [-0.1, -0.05) is 11.6 Å². The molecule has 0 spiro atoms. The van der Waals surface area contributed by atoms with E-state index in [9.17, 15) is 19.7 Å². The van der Waals surface area contributed by atoms with E-state index in [2.05, 4.69) is 4.98 Å². The van der Waals surface area contributed by atoms with Crippen molar-refractivity contribution in [1.29, 1.82) is 0 Å². The van der Waals surface area contributed by atoms with E-state index in [1.807, 2.05) is 0 Å². The molecule has 2 aromatic heterocycles. The SMILES string of the molecule is O=C(OCc1cc(=O)n2ccsc2n1)c1ccc(Cl)c([N+](=O)[O-])c1. The molecular formula is C14H8ClN3O5S. The van der Waals surface area contributed by atoms with Gasteiger partial charge in [-0.05, 0) is 12.1 Å². The van der Waals surface area contributed by atoms with Gasteiger partial charge in [0, 0.05) is 23.7 Å². The predicted octanol–water partition coefficient (Wildman–Crippen LogP) is 2.67. The van der Waals surface area contributed by atoms with E-state index in [0.717, 1.165) is 6.07 Å². The monoisotopic (exact) mass is 365 g/mol. The quantitative estimate of drug-likeness (QED) is 0.400. The number of nitro groups is 1. The third-order valence-electron chi connectivity index (χ3n) is 3.09. The summed E-state index contributed by atoms with van der Waals surface area (Å²) in [6, 6.07) is 4.87. The Morgan fingerprint density at radius 1 is 1.42 bits per heavy atom. The van der Waals surface area contributed by atoms with Crippen molar-refractivity contribution in [3.63, 3.8) is 0 Å². The Hall–Kier alpha value is -2.78. The summed E-state index contributed by atoms with van der Waals surface area (Å²) in [5, 5.41) is 12.5. The third-order valence-corrected chi connectivity index (χ3v) is 4.16. The van der Waals surface area contributed by atoms with E-state index in [-0.39, 0.29) is 28.4 Å². The van der Waals surface area contributed by atoms with Crippen molar-refractivity contribution >= 4 is 39.6 Å². The van der Waals surface area contributed by atoms with Crippen molar-refractivity contribution in [3.8, 4) is 0 Å². The Labute approximate surface area is 143 Å². The smallest absolute Gasteiger partial charge is 0.338 e. The number of hydrogen-bond acceptors (Lipinski definition) is 7. The minimum atomic E-state index is -0.775. The Balaban J connectivity index is 1.78. The fourth-order valence-corrected chi connectivity index (χ4v) is 2.89. The molecule has 10 heteroatoms. The van der Waals surface area contributed by atoms with E-state index >= 15 is 0 Å². The number of benzene rings is 1. The van der Waals surface area contributed by atoms with Gasteiger partial charge >= 0.3 is 5.97 Å². The molecular weight excluding hydrogens is 358 g/mol. The van der Waals surface area contributed by atoms with Crippen LogP contribution in [0.15, 0.2) is 40.6 Å². The van der Waals surface area contributed by atoms with Crippen LogP contribution in [-0.4, -0.2) is 20.3 Å². The summed E-state index contributed by atoms with van der Waals surface area (Å²) < 4.78 is 6.43. The average molecular weight is 366 g/mol. The Bertz CT molecular complexity index is 1010. The molecule has 1 aromatic carbocycles. The molecule has 0 fully saturated rings. The summed E-state index contributed by atoms with van der Waals surface area (Å²) in [5.41, 5.74) is -0.392. The number of halogens is 1. The Kier molecular flexibility index (Phi) is 4.28. The fraction of sp³-hybridized carbons (Fsp3) is 0.0714. The minimum Gasteiger partial charge on any atom is -0.456 e. The lowest BCUT2D eigenvalue weighted by Gasteiger charge is -2.05. The minimum absolute atomic E-state index is 0.0139. The van der Waals surface area contributed by atoms with Crippen LogP contribution in [0.4, 0.5) is 5.69 Å². The van der Waals surface area contributed by atoms with Gasteiger partial charge in [-0.2, -0.15) is 0 Å². The van der Waals surface area contributed by atoms with Gasteiger partial charge in [0.1, 0.15) is 11.6 Å². The van der Waals surface area contributed by atoms with Crippen molar-refractivity contribution in [3.05, 3.63) is 72.6 Å². The van der Waals surface area contributed by atoms with Crippen LogP contribution in [-0.2, 0) is 11.3 Å². The summed E-state index contributed by atoms with van der Waals surface area (Å²) in [4.78, 5) is 38.7. The number of aromatic nitrogens is 2. The molecule has 2 heterocycles. The first kappa shape index (κ1) is 16.1. The zero-order chi connectivity index (χ0) is 17.3. The van der Waals surface area contributed by atoms with Crippen LogP contribution in [0.2, 0.25) is 5.02 Å². The number of nitro benzene ring substituents is 1. The van der Waals surface area contributed by atoms with Gasteiger partial charge in [0.2, 0.25) is 0 Å². The third kappa shape index (κ3) is 3.12. The predicted molar refractivity (Wildman–Crippen MR) is 86.6 cm³/mol. The standard InChI is InChI=1S/C14H8ClN3O5S/c15-10-2-1-8(5-11(10)18(21)22)13(20)23-7-9-6-12(19)17-3-4-24-14(17)16-9/h1-6H,7H2. The van der Waals surface area contributed by atoms with Crippen LogP contribution in [0, 0.1) is 10.1 Å². The molecule has 3 aromatic rings. The van der Waals surface area contributed by atoms with Crippen LogP contribution < -0.4 is 5.56 Å². The molecule has 0 radical (unpaired) electrons. The number of carbonyl (C=O) groups excluding carboxylic acids is 1. The lowest BCUT2D eigenvalue weighted by atomic mass is 10.2. The van der Waals surface area contributed by atoms with Crippen molar-refractivity contribution in [2.24, 2.45) is 0 Å². The number of ether oxygens (including phenoxy) is 1. The average Bonchev–Trinajstić information content (AvgIpc) is 3.02. The highest BCUT2D eigenvalue weighted by atomic mass is 35.5. The van der Waals surface area contributed by atoms with Crippen molar-refractivity contribution < 1.29 is 14.5 Å². The molecule has 8 nitrogen and oxygen atoms in total. The fourth-order valence-electron chi connectivity index (χ4n) is 1.96. The molecule has 122 valence electrons. The normalized spacial score (nSPS) is 10.7. The van der Waals surface area contributed by atoms with E-state index < -0.39 is 10.9 Å². The lowest BCUT2D eigenvalue weighted by molar-refractivity contribution is -0.384. The first-order valence-corrected chi connectivity index (χ1v) is 7.78. The van der Waals surface area contributed by atoms with E-state index in [1.165, 1.54) is 33.9 Å². The highest BCUT2D eigenvalue weighted by Gasteiger charge is 2.17. The maximum atomic E-state index is 12.0. The summed E-state index contributed by atoms with van der Waals surface area (Å²) >= 11 is 6.97. The molecule has 0 bridgehead atoms. The van der Waals surface area contributed by atoms with E-state index in [4.69, 9.17) is 16.3 Å². The van der Waals surface area contributed by atoms with Crippen LogP contribution in [0.3, 0.4) is 0 Å². The van der Waals surface area contributed by atoms with E-state index in [1.54, 1.807) is 11.6 Å². The van der Waals surface area contributed by atoms with Gasteiger partial charge < -0.3 is 4.74 Å². The molecule has 0 unspecified atom stereocenters. The molecule has 0 saturated carbocycles. The molecule has 0 atom stereocenters. The van der Waals surface area contributed by atoms with Gasteiger partial charge in [0.15, 0.2) is 4.96 Å². The number of carbonyl (C=O) groups is 1. The first-order chi connectivity index (χ1) is 11.5. The Morgan fingerprint density at radius 3 is 2.96 bits per heavy atom. The van der Waals surface area contributed by atoms with E-state index in [0.29, 0.717) is 10.7 Å². The van der Waals surface area contributed by atoms with Crippen molar-refractivity contribution in [2.45, 2.75) is 6.61 Å². The molecule has 0 N–H and O–H groups in total. The number of esters is 1. The van der Waals surface area contributed by atoms with Gasteiger partial charge in [0.05, 0.1) is 16.2 Å². The van der Waals surface area contributed by atoms with Gasteiger partial charge in [-0.25, -0.2) is 9.78 Å². The van der Waals surface area contributed by atoms with Gasteiger partial charge in [-0.15, -0.1) is 11.3 Å². The lowest BCUT2D eigenvalue weighted by Crippen LogP contribution is -2.14. The molecule has 0 aliphatic rings. The summed E-state index contributed by atoms with van der Waals surface area (Å²) in [7, 11) is 0. The molecule has 0 amide bonds. The number of thiazole rings is 1. The van der Waals surface area contributed by atoms with Crippen LogP contribution in [0.5, 0.6) is 0 Å². The maximum Gasteiger partial charge on any atom is 0.338 e. The largest absolute Gasteiger partial charge is 0.456 e. The second kappa shape index (κ2) is 6.38. The second-order valence-electron chi connectivity index (χ2n) is 4.64. The number of fused-ring (bicyclic) bond motifs is 1. The Morgan fingerprint density at radius 2 is 2.21 bits per heavy atom. The number of nitrogens with zero attached hydrogens (tertiary/aromatic N) is 3. The van der Waals surface area contributed by atoms with Crippen LogP contribution in [0.25, 0.3) is 4.96 Å². The van der Waals surface area contributed by atoms with Gasteiger partial charge in [-0.3, -0.25) is 19.3 Å². The summed E-state index contributed by atoms with van der Waals surface area (Å²) in [6.07, 6.45) is 1.60. The van der Waals surface area contributed by atoms with Crippen LogP contribution >= 0.6 is 22.9 Å². The molecule has 0 aliphatic heterocycles. The molecule has 0 saturated heterocycles. The summed E-state index contributed by atoms with van der Waals surface area (Å²) in [5.74, 6) is -0.775. The second-order valence-corrected chi connectivity index (χ2v) is 5.92.